The van der Waals surface area contributed by atoms with Gasteiger partial charge in [-0.1, -0.05) is 84.9 Å². The van der Waals surface area contributed by atoms with E-state index >= 15 is 0 Å². The first-order valence-corrected chi connectivity index (χ1v) is 24.8. The highest BCUT2D eigenvalue weighted by Gasteiger charge is 2.23. The van der Waals surface area contributed by atoms with Gasteiger partial charge in [-0.05, 0) is 109 Å². The fourth-order valence-electron chi connectivity index (χ4n) is 7.81. The molecule has 0 amide bonds. The average molecular weight is 1010 g/mol. The summed E-state index contributed by atoms with van der Waals surface area (Å²) in [6.07, 6.45) is 3.83. The van der Waals surface area contributed by atoms with Gasteiger partial charge in [0, 0.05) is 54.0 Å². The molecule has 1 aliphatic rings. The number of nitrogen functional groups attached to an aromatic ring is 1. The summed E-state index contributed by atoms with van der Waals surface area (Å²) in [6.45, 7) is 6.79. The average Bonchev–Trinajstić information content (AvgIpc) is 3.97. The smallest absolute Gasteiger partial charge is 0.328 e. The number of hydrogen-bond acceptors (Lipinski definition) is 16. The number of guanidine groups is 1. The van der Waals surface area contributed by atoms with Crippen molar-refractivity contribution in [3.63, 3.8) is 0 Å². The van der Waals surface area contributed by atoms with Crippen LogP contribution in [0.4, 0.5) is 23.0 Å². The van der Waals surface area contributed by atoms with Crippen molar-refractivity contribution in [1.82, 2.24) is 25.3 Å². The van der Waals surface area contributed by atoms with Crippen molar-refractivity contribution in [3.8, 4) is 34.0 Å². The summed E-state index contributed by atoms with van der Waals surface area (Å²) in [6, 6.07) is 53.3. The van der Waals surface area contributed by atoms with Gasteiger partial charge in [0.1, 0.15) is 61.1 Å². The van der Waals surface area contributed by atoms with Crippen LogP contribution in [0.5, 0.6) is 11.5 Å². The summed E-state index contributed by atoms with van der Waals surface area (Å²) in [5.41, 5.74) is 14.8. The maximum atomic E-state index is 12.8. The first-order chi connectivity index (χ1) is 36.8. The van der Waals surface area contributed by atoms with E-state index in [1.54, 1.807) is 13.8 Å². The number of benzene rings is 6. The maximum Gasteiger partial charge on any atom is 0.328 e. The molecule has 9 rings (SSSR count). The second-order valence-electron chi connectivity index (χ2n) is 17.2. The van der Waals surface area contributed by atoms with Gasteiger partial charge in [0.2, 0.25) is 0 Å². The Labute approximate surface area is 436 Å². The number of esters is 2. The number of rotatable bonds is 21. The van der Waals surface area contributed by atoms with Crippen LogP contribution >= 0.6 is 0 Å². The predicted molar refractivity (Wildman–Crippen MR) is 293 cm³/mol. The molecule has 6 aromatic carbocycles. The van der Waals surface area contributed by atoms with E-state index in [0.717, 1.165) is 81.0 Å². The van der Waals surface area contributed by atoms with Gasteiger partial charge >= 0.3 is 11.9 Å². The standard InChI is InChI=1S/C31H32N6O3.C28H28N4O3/c1-2-39-30(38)28(18-22-8-12-25(13-9-22)36-31-32-16-17-33-31)37-29-19-27(34-21-35-29)24-10-14-26(15-11-24)40-20-23-6-4-3-5-7-23;1-2-34-28(33)26(16-20-8-12-23(29)13-9-20)32-27-17-25(30-19-31-27)22-10-14-24(15-11-22)35-18-21-6-4-3-5-7-21/h3-15,19,21,28H,2,16-18,20H2,1H3,(H2,32,33,36)(H,34,35,37);3-15,17,19,26H,2,16,18,29H2,1H3,(H,30,31,32). The van der Waals surface area contributed by atoms with E-state index in [1.807, 2.05) is 170 Å². The minimum atomic E-state index is -0.615. The molecule has 1 aliphatic heterocycles. The summed E-state index contributed by atoms with van der Waals surface area (Å²) < 4.78 is 22.4. The second kappa shape index (κ2) is 26.9. The van der Waals surface area contributed by atoms with Crippen LogP contribution in [0.1, 0.15) is 36.1 Å². The molecular weight excluding hydrogens is 945 g/mol. The Hall–Kier alpha value is -9.31. The lowest BCUT2D eigenvalue weighted by molar-refractivity contribution is -0.144. The third-order valence-electron chi connectivity index (χ3n) is 11.7. The molecule has 6 N–H and O–H groups in total. The minimum Gasteiger partial charge on any atom is -0.489 e. The van der Waals surface area contributed by atoms with Crippen molar-refractivity contribution in [2.75, 3.05) is 48.0 Å². The second-order valence-corrected chi connectivity index (χ2v) is 17.2. The first-order valence-electron chi connectivity index (χ1n) is 24.8. The molecule has 382 valence electrons. The number of aromatic nitrogens is 4. The molecule has 0 aliphatic carbocycles. The number of anilines is 4. The Kier molecular flexibility index (Phi) is 18.7. The van der Waals surface area contributed by atoms with E-state index < -0.39 is 12.1 Å². The predicted octanol–water partition coefficient (Wildman–Crippen LogP) is 9.57. The van der Waals surface area contributed by atoms with Crippen LogP contribution in [-0.4, -0.2) is 76.2 Å². The molecule has 75 heavy (non-hydrogen) atoms. The van der Waals surface area contributed by atoms with Crippen molar-refractivity contribution in [2.24, 2.45) is 4.99 Å². The van der Waals surface area contributed by atoms with Gasteiger partial charge in [0.15, 0.2) is 5.96 Å². The summed E-state index contributed by atoms with van der Waals surface area (Å²) in [7, 11) is 0. The van der Waals surface area contributed by atoms with Crippen molar-refractivity contribution < 1.29 is 28.5 Å². The number of carbonyl (C=O) groups excluding carboxylic acids is 2. The topological polar surface area (TPSA) is 209 Å². The number of carbonyl (C=O) groups is 2. The minimum absolute atomic E-state index is 0.294. The van der Waals surface area contributed by atoms with Crippen LogP contribution in [0, 0.1) is 0 Å². The molecule has 8 aromatic rings. The molecule has 0 saturated heterocycles. The lowest BCUT2D eigenvalue weighted by Gasteiger charge is -2.18. The molecule has 2 aromatic heterocycles. The largest absolute Gasteiger partial charge is 0.489 e. The fourth-order valence-corrected chi connectivity index (χ4v) is 7.81. The lowest BCUT2D eigenvalue weighted by Crippen LogP contribution is -2.34. The van der Waals surface area contributed by atoms with Gasteiger partial charge < -0.3 is 45.9 Å². The van der Waals surface area contributed by atoms with Crippen molar-refractivity contribution in [3.05, 3.63) is 205 Å². The molecule has 0 spiro atoms. The molecule has 16 heteroatoms. The van der Waals surface area contributed by atoms with Gasteiger partial charge in [0.25, 0.3) is 0 Å². The number of nitrogens with one attached hydrogen (secondary N) is 4. The summed E-state index contributed by atoms with van der Waals surface area (Å²) in [5.74, 6) is 2.71. The lowest BCUT2D eigenvalue weighted by atomic mass is 10.1. The molecule has 0 bridgehead atoms. The van der Waals surface area contributed by atoms with E-state index in [4.69, 9.17) is 24.7 Å². The molecule has 3 heterocycles. The number of aliphatic imine (C=N–C) groups is 1. The van der Waals surface area contributed by atoms with Crippen molar-refractivity contribution in [2.45, 2.75) is 52.0 Å². The molecule has 2 unspecified atom stereocenters. The molecule has 0 radical (unpaired) electrons. The third-order valence-corrected chi connectivity index (χ3v) is 11.7. The van der Waals surface area contributed by atoms with Gasteiger partial charge in [-0.15, -0.1) is 0 Å². The van der Waals surface area contributed by atoms with Crippen LogP contribution < -0.4 is 36.5 Å². The SMILES string of the molecule is CCOC(=O)C(Cc1ccc(N)cc1)Nc1cc(-c2ccc(OCc3ccccc3)cc2)ncn1.CCOC(=O)C(Cc1ccc(NC2=NCCN2)cc1)Nc1cc(-c2ccc(OCc3ccccc3)cc2)ncn1. The van der Waals surface area contributed by atoms with Crippen LogP contribution in [0.2, 0.25) is 0 Å². The van der Waals surface area contributed by atoms with E-state index in [-0.39, 0.29) is 11.9 Å². The third kappa shape index (κ3) is 16.1. The Morgan fingerprint density at radius 1 is 0.560 bits per heavy atom. The summed E-state index contributed by atoms with van der Waals surface area (Å²) in [4.78, 5) is 47.3. The van der Waals surface area contributed by atoms with Gasteiger partial charge in [-0.2, -0.15) is 0 Å². The van der Waals surface area contributed by atoms with Crippen LogP contribution in [0.3, 0.4) is 0 Å². The Bertz CT molecular complexity index is 3070. The molecule has 0 saturated carbocycles. The van der Waals surface area contributed by atoms with E-state index in [1.165, 1.54) is 12.7 Å². The van der Waals surface area contributed by atoms with Gasteiger partial charge in [-0.3, -0.25) is 4.99 Å². The quantitative estimate of drug-likeness (QED) is 0.0335. The summed E-state index contributed by atoms with van der Waals surface area (Å²) in [5, 5.41) is 12.9. The highest BCUT2D eigenvalue weighted by Crippen LogP contribution is 2.26. The highest BCUT2D eigenvalue weighted by atomic mass is 16.5. The molecule has 16 nitrogen and oxygen atoms in total. The Morgan fingerprint density at radius 2 is 1.01 bits per heavy atom. The Morgan fingerprint density at radius 3 is 1.44 bits per heavy atom. The van der Waals surface area contributed by atoms with Crippen molar-refractivity contribution >= 4 is 40.9 Å². The van der Waals surface area contributed by atoms with E-state index in [2.05, 4.69) is 46.2 Å². The number of hydrogen-bond donors (Lipinski definition) is 5. The Balaban J connectivity index is 0.000000201. The van der Waals surface area contributed by atoms with Gasteiger partial charge in [0.05, 0.1) is 31.1 Å². The maximum absolute atomic E-state index is 12.8. The number of nitrogens with two attached hydrogens (primary N) is 1. The molecule has 0 fully saturated rings. The van der Waals surface area contributed by atoms with Crippen LogP contribution in [-0.2, 0) is 45.1 Å². The monoisotopic (exact) mass is 1000 g/mol. The van der Waals surface area contributed by atoms with Crippen LogP contribution in [0.25, 0.3) is 22.5 Å². The number of nitrogens with zero attached hydrogens (tertiary/aromatic N) is 5. The van der Waals surface area contributed by atoms with E-state index in [9.17, 15) is 9.59 Å². The summed E-state index contributed by atoms with van der Waals surface area (Å²) >= 11 is 0. The van der Waals surface area contributed by atoms with E-state index in [0.29, 0.717) is 56.6 Å². The first kappa shape index (κ1) is 52.0. The highest BCUT2D eigenvalue weighted by molar-refractivity contribution is 5.94. The zero-order valence-electron chi connectivity index (χ0n) is 41.9. The molecular formula is C59H60N10O6. The zero-order chi connectivity index (χ0) is 52.0. The fraction of sp³-hybridized carbons (Fsp3) is 0.203. The normalized spacial score (nSPS) is 12.3. The molecule has 2 atom stereocenters. The zero-order valence-corrected chi connectivity index (χ0v) is 41.9. The van der Waals surface area contributed by atoms with Crippen LogP contribution in [0.15, 0.2) is 188 Å². The number of ether oxygens (including phenoxy) is 4. The van der Waals surface area contributed by atoms with Gasteiger partial charge in [-0.25, -0.2) is 29.5 Å². The van der Waals surface area contributed by atoms with Crippen molar-refractivity contribution in [1.29, 1.82) is 0 Å².